The summed E-state index contributed by atoms with van der Waals surface area (Å²) in [6, 6.07) is 24.7. The van der Waals surface area contributed by atoms with Crippen LogP contribution in [-0.2, 0) is 6.54 Å². The molecule has 0 spiro atoms. The average molecular weight is 345 g/mol. The van der Waals surface area contributed by atoms with Gasteiger partial charge in [-0.2, -0.15) is 5.06 Å². The van der Waals surface area contributed by atoms with Gasteiger partial charge in [0.25, 0.3) is 5.91 Å². The van der Waals surface area contributed by atoms with Gasteiger partial charge in [-0.05, 0) is 35.9 Å². The highest BCUT2D eigenvalue weighted by Crippen LogP contribution is 2.37. The summed E-state index contributed by atoms with van der Waals surface area (Å²) in [4.78, 5) is 18.1. The molecule has 1 amide bonds. The second kappa shape index (κ2) is 6.90. The third-order valence-corrected chi connectivity index (χ3v) is 4.34. The number of para-hydroxylation sites is 1. The highest BCUT2D eigenvalue weighted by Gasteiger charge is 2.29. The summed E-state index contributed by atoms with van der Waals surface area (Å²) in [5.74, 6) is 0.667. The maximum absolute atomic E-state index is 12.2. The van der Waals surface area contributed by atoms with Gasteiger partial charge in [0.1, 0.15) is 6.17 Å². The number of nitrogens with one attached hydrogen (secondary N) is 1. The van der Waals surface area contributed by atoms with E-state index in [2.05, 4.69) is 5.32 Å². The highest BCUT2D eigenvalue weighted by atomic mass is 16.7. The second-order valence-electron chi connectivity index (χ2n) is 6.12. The molecule has 1 atom stereocenters. The van der Waals surface area contributed by atoms with Crippen LogP contribution in [0.2, 0.25) is 0 Å². The van der Waals surface area contributed by atoms with Crippen molar-refractivity contribution in [1.29, 1.82) is 0 Å². The zero-order valence-corrected chi connectivity index (χ0v) is 14.1. The van der Waals surface area contributed by atoms with Crippen molar-refractivity contribution in [3.8, 4) is 5.75 Å². The van der Waals surface area contributed by atoms with Crippen LogP contribution in [0.4, 0.5) is 5.69 Å². The monoisotopic (exact) mass is 345 g/mol. The van der Waals surface area contributed by atoms with Crippen molar-refractivity contribution in [1.82, 2.24) is 5.32 Å². The van der Waals surface area contributed by atoms with Crippen molar-refractivity contribution in [2.45, 2.75) is 12.7 Å². The van der Waals surface area contributed by atoms with Gasteiger partial charge in [0.05, 0.1) is 5.69 Å². The number of amides is 1. The molecule has 5 heteroatoms. The lowest BCUT2D eigenvalue weighted by Crippen LogP contribution is -2.31. The number of benzene rings is 3. The van der Waals surface area contributed by atoms with E-state index < -0.39 is 0 Å². The van der Waals surface area contributed by atoms with Gasteiger partial charge in [0, 0.05) is 17.7 Å². The Kier molecular flexibility index (Phi) is 4.29. The second-order valence-corrected chi connectivity index (χ2v) is 6.12. The quantitative estimate of drug-likeness (QED) is 0.761. The van der Waals surface area contributed by atoms with Crippen LogP contribution in [-0.4, -0.2) is 5.91 Å². The van der Waals surface area contributed by atoms with Crippen molar-refractivity contribution in [3.05, 3.63) is 95.6 Å². The van der Waals surface area contributed by atoms with Gasteiger partial charge in [-0.15, -0.1) is 0 Å². The SMILES string of the molecule is NC1c2ccccc2ON1c1cccc(CNC(=O)c2ccccc2)c1. The molecule has 0 saturated carbocycles. The first kappa shape index (κ1) is 16.2. The molecule has 0 aliphatic carbocycles. The minimum absolute atomic E-state index is 0.0995. The normalized spacial score (nSPS) is 15.3. The Bertz CT molecular complexity index is 927. The molecule has 130 valence electrons. The number of hydrogen-bond donors (Lipinski definition) is 2. The Morgan fingerprint density at radius 2 is 1.77 bits per heavy atom. The van der Waals surface area contributed by atoms with Crippen LogP contribution in [0.15, 0.2) is 78.9 Å². The Labute approximate surface area is 152 Å². The first-order valence-corrected chi connectivity index (χ1v) is 8.46. The molecule has 0 saturated heterocycles. The molecule has 1 unspecified atom stereocenters. The summed E-state index contributed by atoms with van der Waals surface area (Å²) in [5, 5.41) is 4.62. The number of hydroxylamine groups is 1. The maximum Gasteiger partial charge on any atom is 0.251 e. The molecule has 4 rings (SSSR count). The number of nitrogens with zero attached hydrogens (tertiary/aromatic N) is 1. The molecule has 3 aromatic carbocycles. The van der Waals surface area contributed by atoms with Crippen molar-refractivity contribution < 1.29 is 9.63 Å². The van der Waals surface area contributed by atoms with E-state index in [1.807, 2.05) is 66.7 Å². The van der Waals surface area contributed by atoms with Crippen LogP contribution in [0.25, 0.3) is 0 Å². The van der Waals surface area contributed by atoms with Crippen molar-refractivity contribution in [2.24, 2.45) is 5.73 Å². The molecular weight excluding hydrogens is 326 g/mol. The smallest absolute Gasteiger partial charge is 0.251 e. The van der Waals surface area contributed by atoms with Crippen molar-refractivity contribution >= 4 is 11.6 Å². The van der Waals surface area contributed by atoms with Crippen LogP contribution >= 0.6 is 0 Å². The lowest BCUT2D eigenvalue weighted by molar-refractivity contribution is 0.0951. The predicted octanol–water partition coefficient (Wildman–Crippen LogP) is 3.39. The molecular formula is C21H19N3O2. The van der Waals surface area contributed by atoms with Crippen LogP contribution < -0.4 is 21.0 Å². The first-order valence-electron chi connectivity index (χ1n) is 8.46. The molecule has 0 aromatic heterocycles. The molecule has 1 aliphatic rings. The zero-order chi connectivity index (χ0) is 17.9. The van der Waals surface area contributed by atoms with Gasteiger partial charge in [0.15, 0.2) is 5.75 Å². The number of hydrogen-bond acceptors (Lipinski definition) is 4. The summed E-state index contributed by atoms with van der Waals surface area (Å²) < 4.78 is 0. The van der Waals surface area contributed by atoms with E-state index >= 15 is 0 Å². The maximum atomic E-state index is 12.2. The van der Waals surface area contributed by atoms with Crippen LogP contribution in [0, 0.1) is 0 Å². The lowest BCUT2D eigenvalue weighted by atomic mass is 10.1. The number of rotatable bonds is 4. The van der Waals surface area contributed by atoms with E-state index in [-0.39, 0.29) is 12.1 Å². The van der Waals surface area contributed by atoms with E-state index in [1.165, 1.54) is 0 Å². The molecule has 0 fully saturated rings. The van der Waals surface area contributed by atoms with Gasteiger partial charge in [-0.25, -0.2) is 0 Å². The Morgan fingerprint density at radius 1 is 1.00 bits per heavy atom. The number of carbonyl (C=O) groups is 1. The molecule has 5 nitrogen and oxygen atoms in total. The van der Waals surface area contributed by atoms with Crippen molar-refractivity contribution in [3.63, 3.8) is 0 Å². The van der Waals surface area contributed by atoms with Crippen molar-refractivity contribution in [2.75, 3.05) is 5.06 Å². The summed E-state index contributed by atoms with van der Waals surface area (Å²) in [6.45, 7) is 0.428. The van der Waals surface area contributed by atoms with Gasteiger partial charge >= 0.3 is 0 Å². The minimum atomic E-state index is -0.361. The average Bonchev–Trinajstić information content (AvgIpc) is 3.04. The van der Waals surface area contributed by atoms with E-state index in [1.54, 1.807) is 17.2 Å². The number of fused-ring (bicyclic) bond motifs is 1. The fourth-order valence-electron chi connectivity index (χ4n) is 2.99. The van der Waals surface area contributed by atoms with Gasteiger partial charge in [-0.3, -0.25) is 4.79 Å². The standard InChI is InChI=1S/C21H19N3O2/c22-20-18-11-4-5-12-19(18)26-24(20)17-10-6-7-15(13-17)14-23-21(25)16-8-2-1-3-9-16/h1-13,20H,14,22H2,(H,23,25). The topological polar surface area (TPSA) is 67.6 Å². The van der Waals surface area contributed by atoms with Gasteiger partial charge < -0.3 is 15.9 Å². The summed E-state index contributed by atoms with van der Waals surface area (Å²) >= 11 is 0. The molecule has 3 aromatic rings. The zero-order valence-electron chi connectivity index (χ0n) is 14.1. The van der Waals surface area contributed by atoms with E-state index in [0.29, 0.717) is 12.1 Å². The Balaban J connectivity index is 1.47. The summed E-state index contributed by atoms with van der Waals surface area (Å²) in [7, 11) is 0. The fraction of sp³-hybridized carbons (Fsp3) is 0.0952. The Hall–Kier alpha value is -3.31. The lowest BCUT2D eigenvalue weighted by Gasteiger charge is -2.22. The van der Waals surface area contributed by atoms with Crippen LogP contribution in [0.1, 0.15) is 27.7 Å². The predicted molar refractivity (Wildman–Crippen MR) is 101 cm³/mol. The molecule has 0 radical (unpaired) electrons. The molecule has 3 N–H and O–H groups in total. The molecule has 1 heterocycles. The van der Waals surface area contributed by atoms with Gasteiger partial charge in [0.2, 0.25) is 0 Å². The third-order valence-electron chi connectivity index (χ3n) is 4.34. The summed E-state index contributed by atoms with van der Waals surface area (Å²) in [6.07, 6.45) is -0.361. The van der Waals surface area contributed by atoms with Crippen LogP contribution in [0.3, 0.4) is 0 Å². The minimum Gasteiger partial charge on any atom is -0.377 e. The first-order chi connectivity index (χ1) is 12.7. The van der Waals surface area contributed by atoms with Gasteiger partial charge in [-0.1, -0.05) is 48.5 Å². The van der Waals surface area contributed by atoms with E-state index in [4.69, 9.17) is 10.6 Å². The fourth-order valence-corrected chi connectivity index (χ4v) is 2.99. The number of anilines is 1. The highest BCUT2D eigenvalue weighted by molar-refractivity contribution is 5.94. The molecule has 26 heavy (non-hydrogen) atoms. The number of carbonyl (C=O) groups excluding carboxylic acids is 1. The third kappa shape index (κ3) is 3.12. The molecule has 0 bridgehead atoms. The Morgan fingerprint density at radius 3 is 2.58 bits per heavy atom. The van der Waals surface area contributed by atoms with E-state index in [0.717, 1.165) is 22.6 Å². The van der Waals surface area contributed by atoms with Crippen LogP contribution in [0.5, 0.6) is 5.75 Å². The van der Waals surface area contributed by atoms with E-state index in [9.17, 15) is 4.79 Å². The largest absolute Gasteiger partial charge is 0.377 e. The number of nitrogens with two attached hydrogens (primary N) is 1. The summed E-state index contributed by atoms with van der Waals surface area (Å²) in [5.41, 5.74) is 9.72. The molecule has 1 aliphatic heterocycles.